The number of carbonyl (C=O) groups is 2. The first-order valence-corrected chi connectivity index (χ1v) is 13.7. The molecule has 0 saturated heterocycles. The lowest BCUT2D eigenvalue weighted by Crippen LogP contribution is -2.50. The summed E-state index contributed by atoms with van der Waals surface area (Å²) in [5.74, 6) is -1.11. The Morgan fingerprint density at radius 3 is 2.48 bits per heavy atom. The molecule has 0 bridgehead atoms. The first kappa shape index (κ1) is 28.1. The Kier molecular flexibility index (Phi) is 8.16. The number of nitrogens with one attached hydrogen (secondary N) is 1. The number of halogens is 3. The summed E-state index contributed by atoms with van der Waals surface area (Å²) < 4.78 is 26.7. The third-order valence-electron chi connectivity index (χ3n) is 7.89. The van der Waals surface area contributed by atoms with Crippen LogP contribution in [0.25, 0.3) is 0 Å². The van der Waals surface area contributed by atoms with Gasteiger partial charge >= 0.3 is 0 Å². The number of para-hydroxylation sites is 1. The van der Waals surface area contributed by atoms with Crippen LogP contribution < -0.4 is 10.2 Å². The minimum atomic E-state index is -2.90. The lowest BCUT2D eigenvalue weighted by Gasteiger charge is -2.33. The van der Waals surface area contributed by atoms with E-state index < -0.39 is 35.6 Å². The second-order valence-electron chi connectivity index (χ2n) is 10.5. The van der Waals surface area contributed by atoms with Crippen LogP contribution >= 0.6 is 11.6 Å². The summed E-state index contributed by atoms with van der Waals surface area (Å²) in [5.41, 5.74) is -1.15. The first-order valence-electron chi connectivity index (χ1n) is 13.3. The van der Waals surface area contributed by atoms with Crippen LogP contribution in [0.1, 0.15) is 59.3 Å². The smallest absolute Gasteiger partial charge is 0.281 e. The van der Waals surface area contributed by atoms with Gasteiger partial charge in [-0.05, 0) is 49.3 Å². The number of aliphatic hydroxyl groups is 2. The number of amides is 2. The molecule has 1 aliphatic heterocycles. The highest BCUT2D eigenvalue weighted by Gasteiger charge is 2.54. The molecule has 0 radical (unpaired) electrons. The number of aliphatic hydroxyl groups excluding tert-OH is 1. The van der Waals surface area contributed by atoms with E-state index in [0.29, 0.717) is 43.5 Å². The van der Waals surface area contributed by atoms with Gasteiger partial charge in [0.2, 0.25) is 0 Å². The van der Waals surface area contributed by atoms with Crippen molar-refractivity contribution in [3.8, 4) is 0 Å². The van der Waals surface area contributed by atoms with Crippen molar-refractivity contribution in [2.45, 2.75) is 56.3 Å². The fourth-order valence-corrected chi connectivity index (χ4v) is 5.92. The third-order valence-corrected chi connectivity index (χ3v) is 8.10. The summed E-state index contributed by atoms with van der Waals surface area (Å²) >= 11 is 5.88. The number of anilines is 1. The van der Waals surface area contributed by atoms with E-state index >= 15 is 0 Å². The molecule has 3 aromatic rings. The highest BCUT2D eigenvalue weighted by molar-refractivity contribution is 6.30. The molecule has 2 heterocycles. The Morgan fingerprint density at radius 2 is 1.77 bits per heavy atom. The third kappa shape index (κ3) is 5.46. The van der Waals surface area contributed by atoms with E-state index in [1.54, 1.807) is 29.2 Å². The minimum absolute atomic E-state index is 0.0863. The van der Waals surface area contributed by atoms with Gasteiger partial charge in [-0.25, -0.2) is 8.78 Å². The molecule has 2 atom stereocenters. The first-order chi connectivity index (χ1) is 19.2. The van der Waals surface area contributed by atoms with Gasteiger partial charge < -0.3 is 20.4 Å². The Labute approximate surface area is 235 Å². The average molecular weight is 570 g/mol. The quantitative estimate of drug-likeness (QED) is 0.362. The van der Waals surface area contributed by atoms with Gasteiger partial charge in [0.05, 0.1) is 16.3 Å². The lowest BCUT2D eigenvalue weighted by molar-refractivity contribution is -0.149. The predicted molar refractivity (Wildman–Crippen MR) is 146 cm³/mol. The van der Waals surface area contributed by atoms with Crippen LogP contribution in [-0.2, 0) is 16.8 Å². The molecule has 1 aromatic heterocycles. The number of fused-ring (bicyclic) bond motifs is 1. The van der Waals surface area contributed by atoms with Crippen molar-refractivity contribution in [1.29, 1.82) is 0 Å². The Morgan fingerprint density at radius 1 is 1.10 bits per heavy atom. The number of alkyl halides is 2. The van der Waals surface area contributed by atoms with Crippen molar-refractivity contribution in [3.05, 3.63) is 94.3 Å². The molecule has 5 rings (SSSR count). The Balaban J connectivity index is 1.24. The van der Waals surface area contributed by atoms with Gasteiger partial charge in [0.25, 0.3) is 18.2 Å². The summed E-state index contributed by atoms with van der Waals surface area (Å²) in [7, 11) is 0. The molecule has 40 heavy (non-hydrogen) atoms. The van der Waals surface area contributed by atoms with E-state index in [2.05, 4.69) is 10.3 Å². The topological polar surface area (TPSA) is 103 Å². The molecule has 1 fully saturated rings. The number of benzene rings is 2. The molecule has 3 N–H and O–H groups in total. The summed E-state index contributed by atoms with van der Waals surface area (Å²) in [6, 6.07) is 17.2. The summed E-state index contributed by atoms with van der Waals surface area (Å²) in [6.45, 7) is 0.352. The van der Waals surface area contributed by atoms with Crippen molar-refractivity contribution in [2.75, 3.05) is 11.4 Å². The van der Waals surface area contributed by atoms with Crippen LogP contribution in [0.5, 0.6) is 0 Å². The van der Waals surface area contributed by atoms with Gasteiger partial charge in [-0.15, -0.1) is 0 Å². The second kappa shape index (κ2) is 11.6. The molecule has 0 spiro atoms. The van der Waals surface area contributed by atoms with Crippen LogP contribution in [0.3, 0.4) is 0 Å². The van der Waals surface area contributed by atoms with Crippen molar-refractivity contribution >= 4 is 29.1 Å². The number of nitrogens with zero attached hydrogens (tertiary/aromatic N) is 2. The van der Waals surface area contributed by atoms with Gasteiger partial charge in [0.1, 0.15) is 11.8 Å². The van der Waals surface area contributed by atoms with Gasteiger partial charge in [-0.2, -0.15) is 0 Å². The van der Waals surface area contributed by atoms with Gasteiger partial charge in [-0.1, -0.05) is 60.1 Å². The number of carbonyl (C=O) groups excluding carboxylic acids is 2. The maximum Gasteiger partial charge on any atom is 0.281 e. The Bertz CT molecular complexity index is 1380. The molecule has 2 unspecified atom stereocenters. The fourth-order valence-electron chi connectivity index (χ4n) is 5.77. The molecule has 1 aliphatic carbocycles. The molecule has 2 amide bonds. The fraction of sp³-hybridized carbons (Fsp3) is 0.367. The zero-order valence-corrected chi connectivity index (χ0v) is 22.4. The number of hydrogen-bond acceptors (Lipinski definition) is 5. The SMILES string of the molecule is O=C(N[C@H]1CC[C@H](CN2C(=O)C(O)(C(O)Cc3ccccc3)c3ccccc32)CC1)c1cc(Cl)cnc1C(F)F. The average Bonchev–Trinajstić information content (AvgIpc) is 3.17. The highest BCUT2D eigenvalue weighted by Crippen LogP contribution is 2.44. The van der Waals surface area contributed by atoms with Crippen LogP contribution in [0.2, 0.25) is 5.02 Å². The molecule has 2 aromatic carbocycles. The number of pyridine rings is 1. The number of hydrogen-bond donors (Lipinski definition) is 3. The van der Waals surface area contributed by atoms with E-state index in [9.17, 15) is 28.6 Å². The molecule has 10 heteroatoms. The van der Waals surface area contributed by atoms with Crippen LogP contribution in [0.15, 0.2) is 66.9 Å². The monoisotopic (exact) mass is 569 g/mol. The maximum absolute atomic E-state index is 13.7. The summed E-state index contributed by atoms with van der Waals surface area (Å²) in [4.78, 5) is 31.6. The second-order valence-corrected chi connectivity index (χ2v) is 10.9. The zero-order chi connectivity index (χ0) is 28.4. The van der Waals surface area contributed by atoms with Gasteiger partial charge in [0, 0.05) is 30.8 Å². The van der Waals surface area contributed by atoms with Crippen molar-refractivity contribution in [1.82, 2.24) is 10.3 Å². The van der Waals surface area contributed by atoms with E-state index in [4.69, 9.17) is 11.6 Å². The summed E-state index contributed by atoms with van der Waals surface area (Å²) in [6.07, 6.45) is -0.485. The van der Waals surface area contributed by atoms with E-state index in [1.165, 1.54) is 6.07 Å². The maximum atomic E-state index is 13.7. The van der Waals surface area contributed by atoms with E-state index in [0.717, 1.165) is 11.8 Å². The zero-order valence-electron chi connectivity index (χ0n) is 21.6. The van der Waals surface area contributed by atoms with Crippen LogP contribution in [0.4, 0.5) is 14.5 Å². The standard InChI is InChI=1S/C30H30ClF2N3O4/c31-20-15-22(26(27(32)33)34-16-20)28(38)35-21-12-10-19(11-13-21)17-36-24-9-5-4-8-23(24)30(40,29(36)39)25(37)14-18-6-2-1-3-7-18/h1-9,15-16,19,21,25,27,37,40H,10-14,17H2,(H,35,38)/t19-,21-,25?,30?. The van der Waals surface area contributed by atoms with Crippen molar-refractivity contribution in [2.24, 2.45) is 5.92 Å². The van der Waals surface area contributed by atoms with Gasteiger partial charge in [0.15, 0.2) is 5.60 Å². The summed E-state index contributed by atoms with van der Waals surface area (Å²) in [5, 5.41) is 25.6. The van der Waals surface area contributed by atoms with Crippen LogP contribution in [0, 0.1) is 5.92 Å². The molecule has 1 saturated carbocycles. The van der Waals surface area contributed by atoms with Gasteiger partial charge in [-0.3, -0.25) is 14.6 Å². The van der Waals surface area contributed by atoms with E-state index in [-0.39, 0.29) is 29.0 Å². The van der Waals surface area contributed by atoms with Crippen molar-refractivity contribution < 1.29 is 28.6 Å². The van der Waals surface area contributed by atoms with Crippen molar-refractivity contribution in [3.63, 3.8) is 0 Å². The predicted octanol–water partition coefficient (Wildman–Crippen LogP) is 4.80. The van der Waals surface area contributed by atoms with Crippen LogP contribution in [-0.4, -0.2) is 45.7 Å². The lowest BCUT2D eigenvalue weighted by atomic mass is 9.85. The Hall–Kier alpha value is -3.40. The normalized spacial score (nSPS) is 23.2. The molecule has 210 valence electrons. The number of rotatable bonds is 8. The molecule has 7 nitrogen and oxygen atoms in total. The minimum Gasteiger partial charge on any atom is -0.389 e. The number of aromatic nitrogens is 1. The molecular formula is C30H30ClF2N3O4. The molecular weight excluding hydrogens is 540 g/mol. The molecule has 2 aliphatic rings. The van der Waals surface area contributed by atoms with E-state index in [1.807, 2.05) is 30.3 Å². The highest BCUT2D eigenvalue weighted by atomic mass is 35.5. The largest absolute Gasteiger partial charge is 0.389 e.